The molecule has 5 nitrogen and oxygen atoms in total. The first-order valence-electron chi connectivity index (χ1n) is 12.2. The van der Waals surface area contributed by atoms with Crippen LogP contribution in [0.15, 0.2) is 60.8 Å². The highest BCUT2D eigenvalue weighted by Crippen LogP contribution is 2.22. The molecule has 0 aliphatic heterocycles. The highest BCUT2D eigenvalue weighted by molar-refractivity contribution is 5.81. The fourth-order valence-corrected chi connectivity index (χ4v) is 4.93. The summed E-state index contributed by atoms with van der Waals surface area (Å²) < 4.78 is 5.95. The second kappa shape index (κ2) is 11.6. The molecule has 1 heterocycles. The summed E-state index contributed by atoms with van der Waals surface area (Å²) in [6, 6.07) is 19.2. The highest BCUT2D eigenvalue weighted by Gasteiger charge is 2.20. The molecule has 2 aromatic carbocycles. The van der Waals surface area contributed by atoms with Crippen LogP contribution in [0.4, 0.5) is 0 Å². The van der Waals surface area contributed by atoms with E-state index in [1.807, 2.05) is 24.4 Å². The number of aliphatic hydroxyl groups excluding tert-OH is 1. The Kier molecular flexibility index (Phi) is 8.32. The standard InChI is InChI=1S/C28H37N3O2/c1-30(19-23-15-16-29-28-14-7-6-13-27(23)28)18-22-9-8-12-26(17-22)33-21-25(32)20-31(2)24-10-4-3-5-11-24/h6-9,12-17,24-25,32H,3-5,10-11,18-21H2,1-2H3/t25-/m0/s1. The third-order valence-corrected chi connectivity index (χ3v) is 6.67. The third kappa shape index (κ3) is 6.76. The lowest BCUT2D eigenvalue weighted by Crippen LogP contribution is -2.40. The number of hydrogen-bond donors (Lipinski definition) is 1. The van der Waals surface area contributed by atoms with Crippen molar-refractivity contribution in [2.45, 2.75) is 57.3 Å². The van der Waals surface area contributed by atoms with Gasteiger partial charge in [-0.2, -0.15) is 0 Å². The Hall–Kier alpha value is -2.47. The molecule has 1 atom stereocenters. The number of aromatic nitrogens is 1. The van der Waals surface area contributed by atoms with E-state index in [0.717, 1.165) is 24.4 Å². The van der Waals surface area contributed by atoms with Gasteiger partial charge in [-0.3, -0.25) is 9.88 Å². The van der Waals surface area contributed by atoms with Crippen molar-refractivity contribution < 1.29 is 9.84 Å². The third-order valence-electron chi connectivity index (χ3n) is 6.67. The number of para-hydroxylation sites is 1. The SMILES string of the molecule is CN(Cc1cccc(OC[C@@H](O)CN(C)C2CCCCC2)c1)Cc1ccnc2ccccc12. The monoisotopic (exact) mass is 447 g/mol. The van der Waals surface area contributed by atoms with Gasteiger partial charge < -0.3 is 14.7 Å². The highest BCUT2D eigenvalue weighted by atomic mass is 16.5. The van der Waals surface area contributed by atoms with Crippen LogP contribution in [0, 0.1) is 0 Å². The summed E-state index contributed by atoms with van der Waals surface area (Å²) in [7, 11) is 4.26. The van der Waals surface area contributed by atoms with E-state index in [9.17, 15) is 5.11 Å². The van der Waals surface area contributed by atoms with Crippen LogP contribution in [0.1, 0.15) is 43.2 Å². The Morgan fingerprint density at radius 2 is 1.82 bits per heavy atom. The summed E-state index contributed by atoms with van der Waals surface area (Å²) >= 11 is 0. The summed E-state index contributed by atoms with van der Waals surface area (Å²) in [4.78, 5) is 9.07. The number of likely N-dealkylation sites (N-methyl/N-ethyl adjacent to an activating group) is 1. The van der Waals surface area contributed by atoms with Crippen LogP contribution in [0.3, 0.4) is 0 Å². The Morgan fingerprint density at radius 3 is 2.67 bits per heavy atom. The first kappa shape index (κ1) is 23.7. The van der Waals surface area contributed by atoms with Gasteiger partial charge in [-0.15, -0.1) is 0 Å². The fourth-order valence-electron chi connectivity index (χ4n) is 4.93. The van der Waals surface area contributed by atoms with Gasteiger partial charge in [0, 0.05) is 37.3 Å². The average molecular weight is 448 g/mol. The molecular weight excluding hydrogens is 410 g/mol. The van der Waals surface area contributed by atoms with Crippen LogP contribution in [0.2, 0.25) is 0 Å². The molecule has 0 radical (unpaired) electrons. The number of nitrogens with zero attached hydrogens (tertiary/aromatic N) is 3. The van der Waals surface area contributed by atoms with Crippen LogP contribution in [-0.2, 0) is 13.1 Å². The molecule has 1 fully saturated rings. The van der Waals surface area contributed by atoms with E-state index in [-0.39, 0.29) is 0 Å². The number of benzene rings is 2. The molecule has 1 aliphatic carbocycles. The van der Waals surface area contributed by atoms with Crippen molar-refractivity contribution in [3.8, 4) is 5.75 Å². The second-order valence-corrected chi connectivity index (χ2v) is 9.50. The molecule has 0 bridgehead atoms. The van der Waals surface area contributed by atoms with Crippen LogP contribution >= 0.6 is 0 Å². The Morgan fingerprint density at radius 1 is 1.00 bits per heavy atom. The van der Waals surface area contributed by atoms with Gasteiger partial charge in [0.25, 0.3) is 0 Å². The predicted octanol–water partition coefficient (Wildman–Crippen LogP) is 4.87. The van der Waals surface area contributed by atoms with E-state index >= 15 is 0 Å². The Labute approximate surface area is 198 Å². The smallest absolute Gasteiger partial charge is 0.119 e. The summed E-state index contributed by atoms with van der Waals surface area (Å²) in [5, 5.41) is 11.7. The molecule has 1 aliphatic rings. The number of aliphatic hydroxyl groups is 1. The normalized spacial score (nSPS) is 15.9. The van der Waals surface area contributed by atoms with Crippen molar-refractivity contribution in [3.63, 3.8) is 0 Å². The lowest BCUT2D eigenvalue weighted by atomic mass is 9.94. The van der Waals surface area contributed by atoms with Gasteiger partial charge in [-0.25, -0.2) is 0 Å². The van der Waals surface area contributed by atoms with Gasteiger partial charge in [0.1, 0.15) is 18.5 Å². The number of hydrogen-bond acceptors (Lipinski definition) is 5. The summed E-state index contributed by atoms with van der Waals surface area (Å²) in [6.45, 7) is 2.65. The Balaban J connectivity index is 1.28. The zero-order valence-corrected chi connectivity index (χ0v) is 20.0. The lowest BCUT2D eigenvalue weighted by Gasteiger charge is -2.32. The number of ether oxygens (including phenoxy) is 1. The van der Waals surface area contributed by atoms with Crippen molar-refractivity contribution >= 4 is 10.9 Å². The minimum atomic E-state index is -0.483. The largest absolute Gasteiger partial charge is 0.491 e. The van der Waals surface area contributed by atoms with E-state index in [4.69, 9.17) is 4.74 Å². The van der Waals surface area contributed by atoms with Gasteiger partial charge in [0.2, 0.25) is 0 Å². The molecule has 0 spiro atoms. The molecule has 0 amide bonds. The molecule has 1 N–H and O–H groups in total. The van der Waals surface area contributed by atoms with Crippen LogP contribution in [-0.4, -0.2) is 59.3 Å². The first-order chi connectivity index (χ1) is 16.1. The minimum absolute atomic E-state index is 0.319. The Bertz CT molecular complexity index is 1010. The van der Waals surface area contributed by atoms with Crippen molar-refractivity contribution in [2.75, 3.05) is 27.2 Å². The van der Waals surface area contributed by atoms with Crippen molar-refractivity contribution in [3.05, 3.63) is 71.9 Å². The molecule has 0 unspecified atom stereocenters. The lowest BCUT2D eigenvalue weighted by molar-refractivity contribution is 0.0561. The van der Waals surface area contributed by atoms with Crippen LogP contribution in [0.25, 0.3) is 10.9 Å². The van der Waals surface area contributed by atoms with Crippen molar-refractivity contribution in [2.24, 2.45) is 0 Å². The minimum Gasteiger partial charge on any atom is -0.491 e. The van der Waals surface area contributed by atoms with E-state index < -0.39 is 6.10 Å². The topological polar surface area (TPSA) is 48.8 Å². The molecule has 5 heteroatoms. The van der Waals surface area contributed by atoms with Gasteiger partial charge in [0.15, 0.2) is 0 Å². The molecule has 3 aromatic rings. The van der Waals surface area contributed by atoms with Gasteiger partial charge in [0.05, 0.1) is 5.52 Å². The molecule has 1 saturated carbocycles. The predicted molar refractivity (Wildman–Crippen MR) is 134 cm³/mol. The first-order valence-corrected chi connectivity index (χ1v) is 12.2. The average Bonchev–Trinajstić information content (AvgIpc) is 2.84. The molecule has 0 saturated heterocycles. The van der Waals surface area contributed by atoms with Crippen molar-refractivity contribution in [1.29, 1.82) is 0 Å². The van der Waals surface area contributed by atoms with E-state index in [1.165, 1.54) is 48.6 Å². The zero-order valence-electron chi connectivity index (χ0n) is 20.0. The quantitative estimate of drug-likeness (QED) is 0.480. The number of fused-ring (bicyclic) bond motifs is 1. The van der Waals surface area contributed by atoms with E-state index in [0.29, 0.717) is 19.2 Å². The van der Waals surface area contributed by atoms with Crippen LogP contribution in [0.5, 0.6) is 5.75 Å². The molecule has 4 rings (SSSR count). The summed E-state index contributed by atoms with van der Waals surface area (Å²) in [5.74, 6) is 0.814. The van der Waals surface area contributed by atoms with Crippen LogP contribution < -0.4 is 4.74 Å². The molecule has 33 heavy (non-hydrogen) atoms. The number of rotatable bonds is 10. The summed E-state index contributed by atoms with van der Waals surface area (Å²) in [6.07, 6.45) is 7.85. The number of pyridine rings is 1. The fraction of sp³-hybridized carbons (Fsp3) is 0.464. The van der Waals surface area contributed by atoms with Gasteiger partial charge in [-0.05, 0) is 62.3 Å². The maximum atomic E-state index is 10.5. The second-order valence-electron chi connectivity index (χ2n) is 9.50. The van der Waals surface area contributed by atoms with E-state index in [2.05, 4.69) is 65.3 Å². The zero-order chi connectivity index (χ0) is 23.0. The molecular formula is C28H37N3O2. The summed E-state index contributed by atoms with van der Waals surface area (Å²) in [5.41, 5.74) is 3.51. The maximum absolute atomic E-state index is 10.5. The van der Waals surface area contributed by atoms with Gasteiger partial charge >= 0.3 is 0 Å². The van der Waals surface area contributed by atoms with E-state index in [1.54, 1.807) is 0 Å². The van der Waals surface area contributed by atoms with Crippen molar-refractivity contribution in [1.82, 2.24) is 14.8 Å². The molecule has 1 aromatic heterocycles. The molecule has 176 valence electrons. The van der Waals surface area contributed by atoms with Gasteiger partial charge in [-0.1, -0.05) is 49.6 Å². The maximum Gasteiger partial charge on any atom is 0.119 e.